The lowest BCUT2D eigenvalue weighted by Crippen LogP contribution is -2.24. The molecule has 0 radical (unpaired) electrons. The first-order valence-corrected chi connectivity index (χ1v) is 7.72. The molecule has 1 N–H and O–H groups in total. The van der Waals surface area contributed by atoms with E-state index in [0.29, 0.717) is 0 Å². The third-order valence-corrected chi connectivity index (χ3v) is 3.77. The number of nitrogens with one attached hydrogen (secondary N) is 1. The van der Waals surface area contributed by atoms with Gasteiger partial charge >= 0.3 is 0 Å². The maximum atomic E-state index is 4.07. The lowest BCUT2D eigenvalue weighted by Gasteiger charge is -2.20. The molecule has 1 aromatic heterocycles. The Hall–Kier alpha value is -2.39. The second-order valence-electron chi connectivity index (χ2n) is 5.36. The topological polar surface area (TPSA) is 29.9 Å². The Bertz CT molecular complexity index is 608. The van der Waals surface area contributed by atoms with Crippen LogP contribution in [0.2, 0.25) is 0 Å². The Morgan fingerprint density at radius 3 is 2.09 bits per heavy atom. The summed E-state index contributed by atoms with van der Waals surface area (Å²) in [4.78, 5) is 4.07. The van der Waals surface area contributed by atoms with Crippen molar-refractivity contribution in [1.82, 2.24) is 14.9 Å². The summed E-state index contributed by atoms with van der Waals surface area (Å²) in [7, 11) is 0. The molecule has 1 heterocycles. The van der Waals surface area contributed by atoms with Gasteiger partial charge in [0.1, 0.15) is 0 Å². The molecule has 22 heavy (non-hydrogen) atoms. The molecule has 3 nitrogen and oxygen atoms in total. The van der Waals surface area contributed by atoms with Crippen LogP contribution in [0.4, 0.5) is 0 Å². The Morgan fingerprint density at radius 1 is 0.909 bits per heavy atom. The molecule has 3 aromatic rings. The van der Waals surface area contributed by atoms with Crippen molar-refractivity contribution >= 4 is 0 Å². The molecule has 0 aliphatic rings. The van der Waals surface area contributed by atoms with Crippen molar-refractivity contribution in [2.75, 3.05) is 6.54 Å². The summed E-state index contributed by atoms with van der Waals surface area (Å²) in [6.07, 6.45) is 6.77. The van der Waals surface area contributed by atoms with Crippen LogP contribution in [0.1, 0.15) is 23.6 Å². The molecule has 0 spiro atoms. The van der Waals surface area contributed by atoms with E-state index in [1.54, 1.807) is 0 Å². The standard InChI is InChI=1S/C19H21N3/c1-3-8-17(9-4-1)19(18-10-5-2-6-11-18)21-12-7-14-22-15-13-20-16-22/h1-6,8-11,13,15-16,19,21H,7,12,14H2. The number of rotatable bonds is 7. The number of imidazole rings is 1. The highest BCUT2D eigenvalue weighted by atomic mass is 15.0. The predicted octanol–water partition coefficient (Wildman–Crippen LogP) is 3.65. The average molecular weight is 291 g/mol. The zero-order valence-electron chi connectivity index (χ0n) is 12.6. The number of aromatic nitrogens is 2. The van der Waals surface area contributed by atoms with E-state index in [1.807, 2.05) is 18.7 Å². The van der Waals surface area contributed by atoms with Gasteiger partial charge in [0.2, 0.25) is 0 Å². The van der Waals surface area contributed by atoms with E-state index in [-0.39, 0.29) is 6.04 Å². The second kappa shape index (κ2) is 7.57. The fraction of sp³-hybridized carbons (Fsp3) is 0.211. The van der Waals surface area contributed by atoms with Gasteiger partial charge in [-0.1, -0.05) is 60.7 Å². The average Bonchev–Trinajstić information content (AvgIpc) is 3.10. The maximum absolute atomic E-state index is 4.07. The lowest BCUT2D eigenvalue weighted by atomic mass is 9.99. The Morgan fingerprint density at radius 2 is 1.55 bits per heavy atom. The van der Waals surface area contributed by atoms with E-state index in [1.165, 1.54) is 11.1 Å². The molecule has 2 aromatic carbocycles. The smallest absolute Gasteiger partial charge is 0.0945 e. The normalized spacial score (nSPS) is 11.0. The van der Waals surface area contributed by atoms with E-state index >= 15 is 0 Å². The van der Waals surface area contributed by atoms with Crippen LogP contribution in [0.3, 0.4) is 0 Å². The number of aryl methyl sites for hydroxylation is 1. The second-order valence-corrected chi connectivity index (χ2v) is 5.36. The zero-order valence-corrected chi connectivity index (χ0v) is 12.6. The fourth-order valence-corrected chi connectivity index (χ4v) is 2.65. The number of hydrogen-bond donors (Lipinski definition) is 1. The first-order chi connectivity index (χ1) is 10.9. The molecular formula is C19H21N3. The van der Waals surface area contributed by atoms with Crippen LogP contribution in [-0.4, -0.2) is 16.1 Å². The Kier molecular flexibility index (Phi) is 5.00. The highest BCUT2D eigenvalue weighted by molar-refractivity contribution is 5.31. The number of nitrogens with zero attached hydrogens (tertiary/aromatic N) is 2. The van der Waals surface area contributed by atoms with Crippen LogP contribution < -0.4 is 5.32 Å². The minimum atomic E-state index is 0.241. The third kappa shape index (κ3) is 3.83. The summed E-state index contributed by atoms with van der Waals surface area (Å²) < 4.78 is 2.11. The highest BCUT2D eigenvalue weighted by Crippen LogP contribution is 2.21. The predicted molar refractivity (Wildman–Crippen MR) is 89.6 cm³/mol. The molecule has 0 bridgehead atoms. The molecule has 0 atom stereocenters. The monoisotopic (exact) mass is 291 g/mol. The van der Waals surface area contributed by atoms with Gasteiger partial charge in [-0.2, -0.15) is 0 Å². The van der Waals surface area contributed by atoms with E-state index in [4.69, 9.17) is 0 Å². The van der Waals surface area contributed by atoms with Crippen LogP contribution in [-0.2, 0) is 6.54 Å². The van der Waals surface area contributed by atoms with Gasteiger partial charge in [0, 0.05) is 18.9 Å². The molecule has 0 unspecified atom stereocenters. The molecule has 112 valence electrons. The highest BCUT2D eigenvalue weighted by Gasteiger charge is 2.12. The van der Waals surface area contributed by atoms with Gasteiger partial charge < -0.3 is 9.88 Å². The summed E-state index contributed by atoms with van der Waals surface area (Å²) >= 11 is 0. The van der Waals surface area contributed by atoms with Gasteiger partial charge in [0.25, 0.3) is 0 Å². The number of benzene rings is 2. The van der Waals surface area contributed by atoms with Gasteiger partial charge in [0.15, 0.2) is 0 Å². The third-order valence-electron chi connectivity index (χ3n) is 3.77. The van der Waals surface area contributed by atoms with E-state index in [9.17, 15) is 0 Å². The van der Waals surface area contributed by atoms with Gasteiger partial charge in [-0.15, -0.1) is 0 Å². The molecule has 0 fully saturated rings. The van der Waals surface area contributed by atoms with Crippen LogP contribution in [0.5, 0.6) is 0 Å². The van der Waals surface area contributed by atoms with Gasteiger partial charge in [-0.3, -0.25) is 0 Å². The van der Waals surface area contributed by atoms with Gasteiger partial charge in [-0.05, 0) is 24.1 Å². The van der Waals surface area contributed by atoms with Crippen molar-refractivity contribution in [3.63, 3.8) is 0 Å². The molecular weight excluding hydrogens is 270 g/mol. The quantitative estimate of drug-likeness (QED) is 0.673. The van der Waals surface area contributed by atoms with E-state index < -0.39 is 0 Å². The van der Waals surface area contributed by atoms with Crippen molar-refractivity contribution in [1.29, 1.82) is 0 Å². The van der Waals surface area contributed by atoms with Crippen LogP contribution >= 0.6 is 0 Å². The van der Waals surface area contributed by atoms with Crippen molar-refractivity contribution in [2.45, 2.75) is 19.0 Å². The molecule has 0 saturated carbocycles. The molecule has 3 heteroatoms. The van der Waals surface area contributed by atoms with Gasteiger partial charge in [-0.25, -0.2) is 4.98 Å². The summed E-state index contributed by atoms with van der Waals surface area (Å²) in [5.41, 5.74) is 2.60. The Balaban J connectivity index is 1.64. The molecule has 0 saturated heterocycles. The maximum Gasteiger partial charge on any atom is 0.0945 e. The van der Waals surface area contributed by atoms with Crippen molar-refractivity contribution < 1.29 is 0 Å². The van der Waals surface area contributed by atoms with E-state index in [2.05, 4.69) is 75.5 Å². The summed E-state index contributed by atoms with van der Waals surface area (Å²) in [5, 5.41) is 3.68. The minimum Gasteiger partial charge on any atom is -0.337 e. The first kappa shape index (κ1) is 14.5. The molecule has 0 aliphatic heterocycles. The summed E-state index contributed by atoms with van der Waals surface area (Å²) in [6.45, 7) is 1.95. The molecule has 0 amide bonds. The van der Waals surface area contributed by atoms with Crippen molar-refractivity contribution in [3.8, 4) is 0 Å². The van der Waals surface area contributed by atoms with E-state index in [0.717, 1.165) is 19.5 Å². The van der Waals surface area contributed by atoms with Crippen LogP contribution in [0, 0.1) is 0 Å². The van der Waals surface area contributed by atoms with Crippen LogP contribution in [0.25, 0.3) is 0 Å². The Labute approximate surface area is 131 Å². The molecule has 0 aliphatic carbocycles. The van der Waals surface area contributed by atoms with Crippen molar-refractivity contribution in [3.05, 3.63) is 90.5 Å². The van der Waals surface area contributed by atoms with Gasteiger partial charge in [0.05, 0.1) is 12.4 Å². The summed E-state index contributed by atoms with van der Waals surface area (Å²) in [5.74, 6) is 0. The minimum absolute atomic E-state index is 0.241. The fourth-order valence-electron chi connectivity index (χ4n) is 2.65. The SMILES string of the molecule is c1ccc(C(NCCCn2ccnc2)c2ccccc2)cc1. The summed E-state index contributed by atoms with van der Waals surface area (Å²) in [6, 6.07) is 21.5. The van der Waals surface area contributed by atoms with Crippen molar-refractivity contribution in [2.24, 2.45) is 0 Å². The zero-order chi connectivity index (χ0) is 15.0. The molecule has 3 rings (SSSR count). The largest absolute Gasteiger partial charge is 0.337 e. The first-order valence-electron chi connectivity index (χ1n) is 7.72. The lowest BCUT2D eigenvalue weighted by molar-refractivity contribution is 0.544. The van der Waals surface area contributed by atoms with Crippen LogP contribution in [0.15, 0.2) is 79.4 Å². The number of hydrogen-bond acceptors (Lipinski definition) is 2.